The lowest BCUT2D eigenvalue weighted by Crippen LogP contribution is -2.07. The Labute approximate surface area is 106 Å². The van der Waals surface area contributed by atoms with Crippen molar-refractivity contribution in [2.24, 2.45) is 0 Å². The van der Waals surface area contributed by atoms with E-state index in [4.69, 9.17) is 4.74 Å². The number of aryl methyl sites for hydroxylation is 1. The molecule has 0 radical (unpaired) electrons. The van der Waals surface area contributed by atoms with Crippen LogP contribution >= 0.6 is 0 Å². The van der Waals surface area contributed by atoms with Gasteiger partial charge in [-0.25, -0.2) is 4.98 Å². The molecule has 2 rings (SSSR count). The van der Waals surface area contributed by atoms with Gasteiger partial charge in [-0.3, -0.25) is 9.67 Å². The van der Waals surface area contributed by atoms with Crippen molar-refractivity contribution in [3.63, 3.8) is 0 Å². The molecule has 2 heterocycles. The Kier molecular flexibility index (Phi) is 4.25. The summed E-state index contributed by atoms with van der Waals surface area (Å²) in [4.78, 5) is 8.42. The Bertz CT molecular complexity index is 479. The smallest absolute Gasteiger partial charge is 0.238 e. The zero-order valence-corrected chi connectivity index (χ0v) is 10.6. The Morgan fingerprint density at radius 2 is 2.17 bits per heavy atom. The molecule has 0 saturated carbocycles. The molecular formula is C12H17N5O. The fourth-order valence-corrected chi connectivity index (χ4v) is 1.54. The molecule has 0 bridgehead atoms. The topological polar surface area (TPSA) is 64.9 Å². The van der Waals surface area contributed by atoms with Crippen molar-refractivity contribution < 1.29 is 4.74 Å². The molecule has 0 unspecified atom stereocenters. The summed E-state index contributed by atoms with van der Waals surface area (Å²) in [5.41, 5.74) is 0.881. The molecule has 6 heteroatoms. The second-order valence-corrected chi connectivity index (χ2v) is 3.92. The lowest BCUT2D eigenvalue weighted by molar-refractivity contribution is 0.457. The predicted octanol–water partition coefficient (Wildman–Crippen LogP) is 1.59. The van der Waals surface area contributed by atoms with Crippen LogP contribution in [-0.2, 0) is 13.1 Å². The second kappa shape index (κ2) is 6.11. The third kappa shape index (κ3) is 3.27. The molecule has 0 aliphatic rings. The van der Waals surface area contributed by atoms with Crippen molar-refractivity contribution in [2.45, 2.75) is 26.4 Å². The van der Waals surface area contributed by atoms with Gasteiger partial charge >= 0.3 is 0 Å². The van der Waals surface area contributed by atoms with Crippen LogP contribution in [-0.4, -0.2) is 26.8 Å². The Balaban J connectivity index is 1.99. The Morgan fingerprint density at radius 3 is 2.83 bits per heavy atom. The fourth-order valence-electron chi connectivity index (χ4n) is 1.54. The molecule has 0 fully saturated rings. The number of nitrogens with zero attached hydrogens (tertiary/aromatic N) is 4. The zero-order valence-electron chi connectivity index (χ0n) is 10.6. The number of nitrogens with one attached hydrogen (secondary N) is 1. The average Bonchev–Trinajstić information content (AvgIpc) is 2.80. The van der Waals surface area contributed by atoms with Crippen LogP contribution in [0.25, 0.3) is 0 Å². The van der Waals surface area contributed by atoms with Crippen LogP contribution in [0.3, 0.4) is 0 Å². The highest BCUT2D eigenvalue weighted by Gasteiger charge is 2.03. The first-order valence-corrected chi connectivity index (χ1v) is 5.97. The van der Waals surface area contributed by atoms with E-state index in [0.717, 1.165) is 18.7 Å². The Morgan fingerprint density at radius 1 is 1.28 bits per heavy atom. The Hall–Kier alpha value is -1.95. The van der Waals surface area contributed by atoms with E-state index in [1.165, 1.54) is 0 Å². The highest BCUT2D eigenvalue weighted by Crippen LogP contribution is 2.17. The molecule has 0 aromatic carbocycles. The minimum absolute atomic E-state index is 0.478. The van der Waals surface area contributed by atoms with Gasteiger partial charge in [-0.2, -0.15) is 5.10 Å². The van der Waals surface area contributed by atoms with Gasteiger partial charge in [0.05, 0.1) is 30.5 Å². The van der Waals surface area contributed by atoms with Gasteiger partial charge in [0, 0.05) is 13.1 Å². The van der Waals surface area contributed by atoms with Crippen LogP contribution < -0.4 is 10.1 Å². The molecule has 0 aliphatic heterocycles. The van der Waals surface area contributed by atoms with Crippen LogP contribution in [0.2, 0.25) is 0 Å². The van der Waals surface area contributed by atoms with Gasteiger partial charge in [-0.15, -0.1) is 0 Å². The number of hydrogen-bond donors (Lipinski definition) is 1. The van der Waals surface area contributed by atoms with Crippen molar-refractivity contribution in [2.75, 3.05) is 7.05 Å². The normalized spacial score (nSPS) is 10.6. The van der Waals surface area contributed by atoms with E-state index in [-0.39, 0.29) is 0 Å². The van der Waals surface area contributed by atoms with Crippen molar-refractivity contribution in [3.05, 3.63) is 30.5 Å². The van der Waals surface area contributed by atoms with Crippen molar-refractivity contribution in [1.82, 2.24) is 25.1 Å². The predicted molar refractivity (Wildman–Crippen MR) is 67.4 cm³/mol. The van der Waals surface area contributed by atoms with E-state index in [1.54, 1.807) is 18.6 Å². The summed E-state index contributed by atoms with van der Waals surface area (Å²) in [6.45, 7) is 3.69. The van der Waals surface area contributed by atoms with E-state index < -0.39 is 0 Å². The monoisotopic (exact) mass is 247 g/mol. The SMILES string of the molecule is CCCn1cc(Oc2cnc(CNC)cn2)cn1. The van der Waals surface area contributed by atoms with Crippen LogP contribution in [0.1, 0.15) is 19.0 Å². The quantitative estimate of drug-likeness (QED) is 0.839. The first-order valence-electron chi connectivity index (χ1n) is 5.97. The molecule has 0 saturated heterocycles. The summed E-state index contributed by atoms with van der Waals surface area (Å²) in [5, 5.41) is 7.20. The summed E-state index contributed by atoms with van der Waals surface area (Å²) >= 11 is 0. The third-order valence-corrected chi connectivity index (χ3v) is 2.32. The number of hydrogen-bond acceptors (Lipinski definition) is 5. The van der Waals surface area contributed by atoms with Gasteiger partial charge in [-0.05, 0) is 13.5 Å². The largest absolute Gasteiger partial charge is 0.434 e. The fraction of sp³-hybridized carbons (Fsp3) is 0.417. The van der Waals surface area contributed by atoms with Crippen molar-refractivity contribution in [1.29, 1.82) is 0 Å². The maximum atomic E-state index is 5.56. The maximum absolute atomic E-state index is 5.56. The molecular weight excluding hydrogens is 230 g/mol. The van der Waals surface area contributed by atoms with Gasteiger partial charge in [-0.1, -0.05) is 6.92 Å². The molecule has 6 nitrogen and oxygen atoms in total. The maximum Gasteiger partial charge on any atom is 0.238 e. The first-order chi connectivity index (χ1) is 8.81. The number of rotatable bonds is 6. The minimum Gasteiger partial charge on any atom is -0.434 e. The molecule has 0 spiro atoms. The molecule has 0 aliphatic carbocycles. The van der Waals surface area contributed by atoms with Gasteiger partial charge in [0.25, 0.3) is 0 Å². The number of ether oxygens (including phenoxy) is 1. The van der Waals surface area contributed by atoms with Gasteiger partial charge in [0.2, 0.25) is 5.88 Å². The number of aromatic nitrogens is 4. The van der Waals surface area contributed by atoms with E-state index in [0.29, 0.717) is 18.2 Å². The first kappa shape index (κ1) is 12.5. The van der Waals surface area contributed by atoms with E-state index in [1.807, 2.05) is 17.9 Å². The molecule has 96 valence electrons. The summed E-state index contributed by atoms with van der Waals surface area (Å²) in [6, 6.07) is 0. The highest BCUT2D eigenvalue weighted by atomic mass is 16.5. The summed E-state index contributed by atoms with van der Waals surface area (Å²) in [6.07, 6.45) is 7.89. The zero-order chi connectivity index (χ0) is 12.8. The van der Waals surface area contributed by atoms with Crippen LogP contribution in [0.4, 0.5) is 0 Å². The molecule has 2 aromatic heterocycles. The molecule has 0 amide bonds. The van der Waals surface area contributed by atoms with Crippen molar-refractivity contribution >= 4 is 0 Å². The molecule has 2 aromatic rings. The van der Waals surface area contributed by atoms with Crippen LogP contribution in [0, 0.1) is 0 Å². The summed E-state index contributed by atoms with van der Waals surface area (Å²) in [5.74, 6) is 1.16. The second-order valence-electron chi connectivity index (χ2n) is 3.92. The average molecular weight is 247 g/mol. The van der Waals surface area contributed by atoms with Gasteiger partial charge in [0.15, 0.2) is 5.75 Å². The molecule has 0 atom stereocenters. The van der Waals surface area contributed by atoms with E-state index in [9.17, 15) is 0 Å². The molecule has 1 N–H and O–H groups in total. The van der Waals surface area contributed by atoms with Gasteiger partial charge < -0.3 is 10.1 Å². The van der Waals surface area contributed by atoms with Crippen LogP contribution in [0.15, 0.2) is 24.8 Å². The molecule has 18 heavy (non-hydrogen) atoms. The standard InChI is InChI=1S/C12H17N5O/c1-3-4-17-9-11(7-16-17)18-12-8-14-10(5-13-2)6-15-12/h6-9,13H,3-5H2,1-2H3. The lowest BCUT2D eigenvalue weighted by atomic mass is 10.4. The van der Waals surface area contributed by atoms with Crippen molar-refractivity contribution in [3.8, 4) is 11.6 Å². The van der Waals surface area contributed by atoms with Gasteiger partial charge in [0.1, 0.15) is 0 Å². The van der Waals surface area contributed by atoms with E-state index in [2.05, 4.69) is 27.3 Å². The highest BCUT2D eigenvalue weighted by molar-refractivity contribution is 5.19. The minimum atomic E-state index is 0.478. The third-order valence-electron chi connectivity index (χ3n) is 2.32. The summed E-state index contributed by atoms with van der Waals surface area (Å²) in [7, 11) is 1.87. The van der Waals surface area contributed by atoms with E-state index >= 15 is 0 Å². The summed E-state index contributed by atoms with van der Waals surface area (Å²) < 4.78 is 7.41. The van der Waals surface area contributed by atoms with Crippen LogP contribution in [0.5, 0.6) is 11.6 Å². The lowest BCUT2D eigenvalue weighted by Gasteiger charge is -2.02.